The minimum atomic E-state index is -0.252. The third-order valence-electron chi connectivity index (χ3n) is 4.81. The van der Waals surface area contributed by atoms with Gasteiger partial charge in [0, 0.05) is 0 Å². The van der Waals surface area contributed by atoms with Gasteiger partial charge in [0.15, 0.2) is 17.9 Å². The van der Waals surface area contributed by atoms with Crippen molar-refractivity contribution in [1.82, 2.24) is 4.98 Å². The van der Waals surface area contributed by atoms with Crippen LogP contribution >= 0.6 is 0 Å². The lowest BCUT2D eigenvalue weighted by molar-refractivity contribution is 0.101. The minimum absolute atomic E-state index is 0.115. The van der Waals surface area contributed by atoms with Gasteiger partial charge in [0.1, 0.15) is 11.3 Å². The smallest absolute Gasteiger partial charge is 0.207 e. The van der Waals surface area contributed by atoms with Crippen molar-refractivity contribution >= 4 is 16.9 Å². The Morgan fingerprint density at radius 2 is 1.93 bits per heavy atom. The van der Waals surface area contributed by atoms with Gasteiger partial charge in [-0.3, -0.25) is 4.79 Å². The van der Waals surface area contributed by atoms with Crippen LogP contribution < -0.4 is 9.47 Å². The molecule has 0 N–H and O–H groups in total. The number of benzene rings is 2. The second-order valence-electron chi connectivity index (χ2n) is 6.77. The van der Waals surface area contributed by atoms with E-state index in [0.29, 0.717) is 53.4 Å². The number of hydrogen-bond acceptors (Lipinski definition) is 5. The van der Waals surface area contributed by atoms with Crippen LogP contribution in [0.5, 0.6) is 11.5 Å². The van der Waals surface area contributed by atoms with Crippen LogP contribution in [0.15, 0.2) is 35.1 Å². The fraction of sp³-hybridized carbons (Fsp3) is 0.364. The molecule has 0 bridgehead atoms. The first-order chi connectivity index (χ1) is 13.4. The van der Waals surface area contributed by atoms with Crippen LogP contribution in [-0.2, 0) is 0 Å². The third kappa shape index (κ3) is 3.86. The summed E-state index contributed by atoms with van der Waals surface area (Å²) in [6, 6.07) is 6.47. The van der Waals surface area contributed by atoms with Gasteiger partial charge in [0.05, 0.1) is 18.8 Å². The molecule has 1 atom stereocenters. The van der Waals surface area contributed by atoms with E-state index >= 15 is 0 Å². The van der Waals surface area contributed by atoms with Gasteiger partial charge in [0.2, 0.25) is 11.3 Å². The van der Waals surface area contributed by atoms with Crippen LogP contribution in [0.2, 0.25) is 0 Å². The van der Waals surface area contributed by atoms with Crippen LogP contribution in [0.1, 0.15) is 54.6 Å². The van der Waals surface area contributed by atoms with E-state index in [2.05, 4.69) is 11.9 Å². The molecule has 2 aromatic carbocycles. The van der Waals surface area contributed by atoms with Crippen molar-refractivity contribution in [1.29, 1.82) is 0 Å². The van der Waals surface area contributed by atoms with Gasteiger partial charge < -0.3 is 13.9 Å². The summed E-state index contributed by atoms with van der Waals surface area (Å²) in [5.74, 6) is 0.606. The number of fused-ring (bicyclic) bond motifs is 1. The second-order valence-corrected chi connectivity index (χ2v) is 6.77. The van der Waals surface area contributed by atoms with Gasteiger partial charge in [-0.2, -0.15) is 0 Å². The Bertz CT molecular complexity index is 978. The maximum atomic E-state index is 13.1. The lowest BCUT2D eigenvalue weighted by Crippen LogP contribution is -2.09. The molecule has 0 radical (unpaired) electrons. The molecular formula is C22H24FNO4. The van der Waals surface area contributed by atoms with Crippen LogP contribution in [0, 0.1) is 12.7 Å². The Balaban J connectivity index is 1.88. The molecule has 0 aliphatic rings. The number of halogens is 1. The summed E-state index contributed by atoms with van der Waals surface area (Å²) < 4.78 is 30.5. The molecule has 1 aromatic heterocycles. The van der Waals surface area contributed by atoms with Crippen LogP contribution in [0.25, 0.3) is 11.1 Å². The number of hydrogen-bond donors (Lipinski definition) is 0. The molecule has 28 heavy (non-hydrogen) atoms. The molecule has 0 saturated heterocycles. The summed E-state index contributed by atoms with van der Waals surface area (Å²) in [6.07, 6.45) is 2.04. The quantitative estimate of drug-likeness (QED) is 0.483. The molecule has 1 heterocycles. The average Bonchev–Trinajstić information content (AvgIpc) is 3.14. The number of ketones is 1. The predicted octanol–water partition coefficient (Wildman–Crippen LogP) is 5.45. The molecule has 0 aliphatic heterocycles. The van der Waals surface area contributed by atoms with Crippen LogP contribution in [0.3, 0.4) is 0 Å². The first-order valence-electron chi connectivity index (χ1n) is 9.35. The van der Waals surface area contributed by atoms with E-state index in [1.54, 1.807) is 12.1 Å². The van der Waals surface area contributed by atoms with Crippen molar-refractivity contribution in [3.8, 4) is 11.5 Å². The Kier molecular flexibility index (Phi) is 5.97. The highest BCUT2D eigenvalue weighted by Gasteiger charge is 2.25. The number of oxazole rings is 1. The van der Waals surface area contributed by atoms with Crippen molar-refractivity contribution < 1.29 is 23.1 Å². The van der Waals surface area contributed by atoms with Gasteiger partial charge in [-0.25, -0.2) is 9.37 Å². The van der Waals surface area contributed by atoms with Gasteiger partial charge in [0.25, 0.3) is 0 Å². The number of ether oxygens (including phenoxy) is 2. The maximum absolute atomic E-state index is 13.1. The van der Waals surface area contributed by atoms with Gasteiger partial charge >= 0.3 is 0 Å². The van der Waals surface area contributed by atoms with Crippen molar-refractivity contribution in [3.63, 3.8) is 0 Å². The van der Waals surface area contributed by atoms with Crippen molar-refractivity contribution in [2.24, 2.45) is 0 Å². The van der Waals surface area contributed by atoms with E-state index < -0.39 is 0 Å². The highest BCUT2D eigenvalue weighted by Crippen LogP contribution is 2.42. The molecular weight excluding hydrogens is 361 g/mol. The summed E-state index contributed by atoms with van der Waals surface area (Å²) in [6.45, 7) is 8.00. The number of aromatic nitrogens is 1. The fourth-order valence-corrected chi connectivity index (χ4v) is 3.31. The highest BCUT2D eigenvalue weighted by molar-refractivity contribution is 6.04. The zero-order valence-corrected chi connectivity index (χ0v) is 16.5. The zero-order chi connectivity index (χ0) is 20.3. The van der Waals surface area contributed by atoms with E-state index in [-0.39, 0.29) is 17.5 Å². The molecule has 3 aromatic rings. The second kappa shape index (κ2) is 8.42. The number of nitrogens with zero attached hydrogens (tertiary/aromatic N) is 1. The molecule has 0 spiro atoms. The van der Waals surface area contributed by atoms with E-state index in [9.17, 15) is 9.18 Å². The third-order valence-corrected chi connectivity index (χ3v) is 4.81. The predicted molar refractivity (Wildman–Crippen MR) is 105 cm³/mol. The molecule has 3 rings (SSSR count). The van der Waals surface area contributed by atoms with E-state index in [4.69, 9.17) is 13.9 Å². The van der Waals surface area contributed by atoms with E-state index in [1.165, 1.54) is 25.5 Å². The molecule has 0 amide bonds. The first-order valence-corrected chi connectivity index (χ1v) is 9.35. The normalized spacial score (nSPS) is 12.2. The molecule has 148 valence electrons. The first kappa shape index (κ1) is 19.9. The monoisotopic (exact) mass is 385 g/mol. The summed E-state index contributed by atoms with van der Waals surface area (Å²) in [5, 5.41) is 0. The van der Waals surface area contributed by atoms with Gasteiger partial charge in [-0.1, -0.05) is 19.1 Å². The summed E-state index contributed by atoms with van der Waals surface area (Å²) in [7, 11) is 0. The molecule has 1 unspecified atom stereocenters. The molecule has 6 heteroatoms. The summed E-state index contributed by atoms with van der Waals surface area (Å²) >= 11 is 0. The summed E-state index contributed by atoms with van der Waals surface area (Å²) in [5.41, 5.74) is 3.28. The van der Waals surface area contributed by atoms with Crippen molar-refractivity contribution in [2.75, 3.05) is 13.2 Å². The van der Waals surface area contributed by atoms with Gasteiger partial charge in [-0.05, 0) is 56.4 Å². The molecule has 0 saturated carbocycles. The minimum Gasteiger partial charge on any atom is -0.489 e. The highest BCUT2D eigenvalue weighted by atomic mass is 19.1. The SMILES string of the molecule is CCOc1c(C(C)=O)c(C)c2ncoc2c1OCCC(C)c1ccc(F)cc1. The van der Waals surface area contributed by atoms with Crippen molar-refractivity contribution in [3.05, 3.63) is 53.2 Å². The maximum Gasteiger partial charge on any atom is 0.207 e. The Morgan fingerprint density at radius 3 is 2.57 bits per heavy atom. The molecule has 0 aliphatic carbocycles. The van der Waals surface area contributed by atoms with Crippen LogP contribution in [-0.4, -0.2) is 24.0 Å². The number of aryl methyl sites for hydroxylation is 1. The van der Waals surface area contributed by atoms with E-state index in [1.807, 2.05) is 13.8 Å². The molecule has 5 nitrogen and oxygen atoms in total. The standard InChI is InChI=1S/C22H24FNO4/c1-5-26-20-18(15(4)25)14(3)19-21(28-12-24-19)22(20)27-11-10-13(2)16-6-8-17(23)9-7-16/h6-9,12-13H,5,10-11H2,1-4H3. The number of Topliss-reactive ketones (excluding diaryl/α,β-unsaturated/α-hetero) is 1. The zero-order valence-electron chi connectivity index (χ0n) is 16.5. The average molecular weight is 385 g/mol. The Hall–Kier alpha value is -2.89. The number of carbonyl (C=O) groups excluding carboxylic acids is 1. The summed E-state index contributed by atoms with van der Waals surface area (Å²) in [4.78, 5) is 16.5. The number of rotatable bonds is 8. The van der Waals surface area contributed by atoms with Crippen LogP contribution in [0.4, 0.5) is 4.39 Å². The van der Waals surface area contributed by atoms with Gasteiger partial charge in [-0.15, -0.1) is 0 Å². The largest absolute Gasteiger partial charge is 0.489 e. The van der Waals surface area contributed by atoms with Crippen molar-refractivity contribution in [2.45, 2.75) is 40.0 Å². The Morgan fingerprint density at radius 1 is 1.21 bits per heavy atom. The topological polar surface area (TPSA) is 61.6 Å². The molecule has 0 fully saturated rings. The number of carbonyl (C=O) groups is 1. The lowest BCUT2D eigenvalue weighted by Gasteiger charge is -2.18. The van der Waals surface area contributed by atoms with E-state index in [0.717, 1.165) is 5.56 Å². The Labute approximate surface area is 163 Å². The fourth-order valence-electron chi connectivity index (χ4n) is 3.31. The lowest BCUT2D eigenvalue weighted by atomic mass is 9.98.